The Morgan fingerprint density at radius 3 is 2.80 bits per heavy atom. The van der Waals surface area contributed by atoms with Gasteiger partial charge in [-0.1, -0.05) is 42.5 Å². The maximum Gasteiger partial charge on any atom is 0.233 e. The Morgan fingerprint density at radius 1 is 1.12 bits per heavy atom. The molecule has 130 valence electrons. The fourth-order valence-corrected chi connectivity index (χ4v) is 2.89. The maximum atomic E-state index is 11.9. The number of carbonyl (C=O) groups is 1. The van der Waals surface area contributed by atoms with Crippen LogP contribution in [0.4, 0.5) is 0 Å². The van der Waals surface area contributed by atoms with Gasteiger partial charge in [-0.15, -0.1) is 0 Å². The lowest BCUT2D eigenvalue weighted by Gasteiger charge is -2.09. The SMILES string of the molecule is Cc1cnn(CCNCC(=O)NCCc2cccc3ccccc23)c1. The molecule has 0 aliphatic carbocycles. The second-order valence-corrected chi connectivity index (χ2v) is 6.20. The molecule has 1 aromatic heterocycles. The van der Waals surface area contributed by atoms with Crippen LogP contribution < -0.4 is 10.6 Å². The number of nitrogens with one attached hydrogen (secondary N) is 2. The molecule has 2 N–H and O–H groups in total. The van der Waals surface area contributed by atoms with Crippen molar-refractivity contribution in [2.75, 3.05) is 19.6 Å². The number of carbonyl (C=O) groups excluding carboxylic acids is 1. The molecule has 0 unspecified atom stereocenters. The van der Waals surface area contributed by atoms with Crippen LogP contribution in [-0.4, -0.2) is 35.3 Å². The minimum Gasteiger partial charge on any atom is -0.355 e. The van der Waals surface area contributed by atoms with E-state index < -0.39 is 0 Å². The number of hydrogen-bond acceptors (Lipinski definition) is 3. The van der Waals surface area contributed by atoms with Gasteiger partial charge < -0.3 is 10.6 Å². The lowest BCUT2D eigenvalue weighted by molar-refractivity contribution is -0.120. The molecular formula is C20H24N4O. The van der Waals surface area contributed by atoms with Crippen LogP contribution in [-0.2, 0) is 17.8 Å². The Morgan fingerprint density at radius 2 is 1.96 bits per heavy atom. The fraction of sp³-hybridized carbons (Fsp3) is 0.300. The third-order valence-electron chi connectivity index (χ3n) is 4.16. The Hall–Kier alpha value is -2.66. The summed E-state index contributed by atoms with van der Waals surface area (Å²) in [5.74, 6) is 0.0249. The van der Waals surface area contributed by atoms with Crippen LogP contribution >= 0.6 is 0 Å². The average Bonchev–Trinajstić information content (AvgIpc) is 3.04. The van der Waals surface area contributed by atoms with E-state index in [1.807, 2.05) is 30.1 Å². The van der Waals surface area contributed by atoms with Gasteiger partial charge in [-0.25, -0.2) is 0 Å². The van der Waals surface area contributed by atoms with Crippen LogP contribution in [0.2, 0.25) is 0 Å². The summed E-state index contributed by atoms with van der Waals surface area (Å²) in [7, 11) is 0. The predicted molar refractivity (Wildman–Crippen MR) is 100 cm³/mol. The van der Waals surface area contributed by atoms with Gasteiger partial charge in [0.1, 0.15) is 0 Å². The summed E-state index contributed by atoms with van der Waals surface area (Å²) < 4.78 is 1.88. The molecule has 5 nitrogen and oxygen atoms in total. The first-order valence-corrected chi connectivity index (χ1v) is 8.65. The standard InChI is InChI=1S/C20H24N4O/c1-16-13-23-24(15-16)12-11-21-14-20(25)22-10-9-18-7-4-6-17-5-2-3-8-19(17)18/h2-8,13,15,21H,9-12,14H2,1H3,(H,22,25). The highest BCUT2D eigenvalue weighted by Crippen LogP contribution is 2.18. The van der Waals surface area contributed by atoms with Crippen LogP contribution in [0.1, 0.15) is 11.1 Å². The molecule has 1 heterocycles. The van der Waals surface area contributed by atoms with Crippen LogP contribution in [0.15, 0.2) is 54.9 Å². The van der Waals surface area contributed by atoms with Crippen molar-refractivity contribution in [3.8, 4) is 0 Å². The lowest BCUT2D eigenvalue weighted by Crippen LogP contribution is -2.36. The number of nitrogens with zero attached hydrogens (tertiary/aromatic N) is 2. The number of amides is 1. The molecule has 1 amide bonds. The van der Waals surface area contributed by atoms with Gasteiger partial charge in [0.05, 0.1) is 19.3 Å². The normalized spacial score (nSPS) is 10.9. The Labute approximate surface area is 148 Å². The largest absolute Gasteiger partial charge is 0.355 e. The second-order valence-electron chi connectivity index (χ2n) is 6.20. The lowest BCUT2D eigenvalue weighted by atomic mass is 10.0. The minimum atomic E-state index is 0.0249. The Kier molecular flexibility index (Phi) is 5.80. The molecule has 3 rings (SSSR count). The van der Waals surface area contributed by atoms with Gasteiger partial charge in [0.15, 0.2) is 0 Å². The topological polar surface area (TPSA) is 59.0 Å². The molecule has 0 spiro atoms. The van der Waals surface area contributed by atoms with Crippen molar-refractivity contribution in [2.45, 2.75) is 19.9 Å². The molecule has 0 fully saturated rings. The van der Waals surface area contributed by atoms with E-state index in [4.69, 9.17) is 0 Å². The first-order chi connectivity index (χ1) is 12.2. The van der Waals surface area contributed by atoms with Gasteiger partial charge in [-0.05, 0) is 35.2 Å². The monoisotopic (exact) mass is 336 g/mol. The van der Waals surface area contributed by atoms with Gasteiger partial charge in [0, 0.05) is 19.3 Å². The first kappa shape index (κ1) is 17.2. The van der Waals surface area contributed by atoms with E-state index in [1.165, 1.54) is 16.3 Å². The number of aromatic nitrogens is 2. The summed E-state index contributed by atoms with van der Waals surface area (Å²) >= 11 is 0. The quantitative estimate of drug-likeness (QED) is 0.621. The fourth-order valence-electron chi connectivity index (χ4n) is 2.89. The second kappa shape index (κ2) is 8.44. The summed E-state index contributed by atoms with van der Waals surface area (Å²) in [5.41, 5.74) is 2.41. The third kappa shape index (κ3) is 4.90. The van der Waals surface area contributed by atoms with Crippen LogP contribution in [0.25, 0.3) is 10.8 Å². The van der Waals surface area contributed by atoms with E-state index in [2.05, 4.69) is 52.1 Å². The molecule has 5 heteroatoms. The molecule has 3 aromatic rings. The van der Waals surface area contributed by atoms with Crippen molar-refractivity contribution >= 4 is 16.7 Å². The summed E-state index contributed by atoms with van der Waals surface area (Å²) in [4.78, 5) is 11.9. The smallest absolute Gasteiger partial charge is 0.233 e. The highest BCUT2D eigenvalue weighted by molar-refractivity contribution is 5.85. The number of hydrogen-bond donors (Lipinski definition) is 2. The highest BCUT2D eigenvalue weighted by atomic mass is 16.1. The van der Waals surface area contributed by atoms with Crippen molar-refractivity contribution in [3.05, 3.63) is 66.0 Å². The van der Waals surface area contributed by atoms with E-state index in [0.29, 0.717) is 13.1 Å². The van der Waals surface area contributed by atoms with Crippen molar-refractivity contribution < 1.29 is 4.79 Å². The van der Waals surface area contributed by atoms with Crippen molar-refractivity contribution in [1.82, 2.24) is 20.4 Å². The number of rotatable bonds is 8. The van der Waals surface area contributed by atoms with Gasteiger partial charge in [0.2, 0.25) is 5.91 Å². The maximum absolute atomic E-state index is 11.9. The van der Waals surface area contributed by atoms with E-state index in [0.717, 1.165) is 25.1 Å². The molecular weight excluding hydrogens is 312 g/mol. The number of aryl methyl sites for hydroxylation is 1. The van der Waals surface area contributed by atoms with Crippen molar-refractivity contribution in [1.29, 1.82) is 0 Å². The molecule has 2 aromatic carbocycles. The molecule has 0 aliphatic heterocycles. The van der Waals surface area contributed by atoms with Crippen LogP contribution in [0.5, 0.6) is 0 Å². The van der Waals surface area contributed by atoms with E-state index in [9.17, 15) is 4.79 Å². The number of benzene rings is 2. The van der Waals surface area contributed by atoms with Crippen molar-refractivity contribution in [2.24, 2.45) is 0 Å². The molecule has 25 heavy (non-hydrogen) atoms. The van der Waals surface area contributed by atoms with Gasteiger partial charge in [-0.3, -0.25) is 9.48 Å². The number of fused-ring (bicyclic) bond motifs is 1. The summed E-state index contributed by atoms with van der Waals surface area (Å²) in [6.07, 6.45) is 4.66. The highest BCUT2D eigenvalue weighted by Gasteiger charge is 2.03. The van der Waals surface area contributed by atoms with Gasteiger partial charge in [-0.2, -0.15) is 5.10 Å². The van der Waals surface area contributed by atoms with Crippen molar-refractivity contribution in [3.63, 3.8) is 0 Å². The molecule has 0 aliphatic rings. The zero-order valence-electron chi connectivity index (χ0n) is 14.5. The minimum absolute atomic E-state index is 0.0249. The third-order valence-corrected chi connectivity index (χ3v) is 4.16. The average molecular weight is 336 g/mol. The Bertz CT molecular complexity index is 835. The zero-order valence-corrected chi connectivity index (χ0v) is 14.5. The van der Waals surface area contributed by atoms with Crippen LogP contribution in [0, 0.1) is 6.92 Å². The first-order valence-electron chi connectivity index (χ1n) is 8.65. The van der Waals surface area contributed by atoms with Crippen LogP contribution in [0.3, 0.4) is 0 Å². The summed E-state index contributed by atoms with van der Waals surface area (Å²) in [6, 6.07) is 14.6. The molecule has 0 saturated heterocycles. The predicted octanol–water partition coefficient (Wildman–Crippen LogP) is 2.29. The van der Waals surface area contributed by atoms with E-state index in [-0.39, 0.29) is 5.91 Å². The van der Waals surface area contributed by atoms with E-state index in [1.54, 1.807) is 0 Å². The molecule has 0 radical (unpaired) electrons. The molecule has 0 bridgehead atoms. The molecule has 0 saturated carbocycles. The van der Waals surface area contributed by atoms with Gasteiger partial charge >= 0.3 is 0 Å². The Balaban J connectivity index is 1.37. The zero-order chi connectivity index (χ0) is 17.5. The van der Waals surface area contributed by atoms with Gasteiger partial charge in [0.25, 0.3) is 0 Å². The summed E-state index contributed by atoms with van der Waals surface area (Å²) in [6.45, 7) is 4.47. The van der Waals surface area contributed by atoms with E-state index >= 15 is 0 Å². The molecule has 0 atom stereocenters. The summed E-state index contributed by atoms with van der Waals surface area (Å²) in [5, 5.41) is 12.8.